The Morgan fingerprint density at radius 3 is 2.35 bits per heavy atom. The molecule has 0 saturated heterocycles. The van der Waals surface area contributed by atoms with Crippen molar-refractivity contribution in [3.8, 4) is 16.9 Å². The lowest BCUT2D eigenvalue weighted by Gasteiger charge is -2.15. The van der Waals surface area contributed by atoms with E-state index in [9.17, 15) is 9.59 Å². The molecular formula is C24H28N2O4Si. The summed E-state index contributed by atoms with van der Waals surface area (Å²) >= 11 is 0. The number of carbonyl (C=O) groups excluding carboxylic acids is 2. The maximum Gasteiger partial charge on any atom is 0.414 e. The molecule has 1 aromatic heterocycles. The molecule has 6 nitrogen and oxygen atoms in total. The molecule has 0 aliphatic heterocycles. The van der Waals surface area contributed by atoms with Crippen LogP contribution in [-0.4, -0.2) is 50.7 Å². The Bertz CT molecular complexity index is 1090. The van der Waals surface area contributed by atoms with Gasteiger partial charge in [-0.05, 0) is 41.3 Å². The quantitative estimate of drug-likeness (QED) is 0.379. The number of benzene rings is 2. The fourth-order valence-corrected chi connectivity index (χ4v) is 3.66. The predicted molar refractivity (Wildman–Crippen MR) is 125 cm³/mol. The average Bonchev–Trinajstić information content (AvgIpc) is 2.72. The third-order valence-electron chi connectivity index (χ3n) is 4.82. The van der Waals surface area contributed by atoms with Crippen LogP contribution in [0, 0.1) is 0 Å². The highest BCUT2D eigenvalue weighted by Gasteiger charge is 2.16. The molecule has 0 spiro atoms. The van der Waals surface area contributed by atoms with E-state index in [0.29, 0.717) is 17.9 Å². The van der Waals surface area contributed by atoms with E-state index in [1.165, 1.54) is 4.90 Å². The fourth-order valence-electron chi connectivity index (χ4n) is 2.95. The van der Waals surface area contributed by atoms with Gasteiger partial charge < -0.3 is 14.4 Å². The van der Waals surface area contributed by atoms with E-state index in [1.54, 1.807) is 44.7 Å². The van der Waals surface area contributed by atoms with Gasteiger partial charge in [0, 0.05) is 45.5 Å². The van der Waals surface area contributed by atoms with Gasteiger partial charge >= 0.3 is 12.1 Å². The van der Waals surface area contributed by atoms with E-state index in [1.807, 2.05) is 24.3 Å². The summed E-state index contributed by atoms with van der Waals surface area (Å²) in [7, 11) is 2.00. The van der Waals surface area contributed by atoms with Crippen LogP contribution in [0.15, 0.2) is 54.9 Å². The van der Waals surface area contributed by atoms with Crippen LogP contribution in [0.4, 0.5) is 4.79 Å². The van der Waals surface area contributed by atoms with E-state index in [4.69, 9.17) is 9.47 Å². The number of aromatic nitrogens is 1. The highest BCUT2D eigenvalue weighted by molar-refractivity contribution is 6.76. The lowest BCUT2D eigenvalue weighted by molar-refractivity contribution is 0.0525. The SMILES string of the molecule is CN(C)C(=O)Oc1ccc(-c2cncc3ccc(C(=O)OCC[Si](C)(C)C)cc23)cc1. The average molecular weight is 437 g/mol. The molecule has 0 aliphatic carbocycles. The maximum absolute atomic E-state index is 12.5. The second-order valence-electron chi connectivity index (χ2n) is 8.86. The van der Waals surface area contributed by atoms with Crippen molar-refractivity contribution in [1.82, 2.24) is 9.88 Å². The van der Waals surface area contributed by atoms with Crippen molar-refractivity contribution in [3.63, 3.8) is 0 Å². The minimum absolute atomic E-state index is 0.311. The molecule has 0 fully saturated rings. The first-order valence-corrected chi connectivity index (χ1v) is 13.9. The number of amides is 1. The Balaban J connectivity index is 1.85. The molecule has 7 heteroatoms. The van der Waals surface area contributed by atoms with E-state index in [0.717, 1.165) is 27.9 Å². The first-order chi connectivity index (χ1) is 14.6. The topological polar surface area (TPSA) is 68.7 Å². The number of hydrogen-bond acceptors (Lipinski definition) is 5. The summed E-state index contributed by atoms with van der Waals surface area (Å²) in [6.07, 6.45) is 3.10. The number of nitrogens with zero attached hydrogens (tertiary/aromatic N) is 2. The summed E-state index contributed by atoms with van der Waals surface area (Å²) in [4.78, 5) is 30.0. The number of ether oxygens (including phenoxy) is 2. The predicted octanol–water partition coefficient (Wildman–Crippen LogP) is 5.46. The first kappa shape index (κ1) is 22.5. The maximum atomic E-state index is 12.5. The largest absolute Gasteiger partial charge is 0.462 e. The zero-order valence-electron chi connectivity index (χ0n) is 18.6. The van der Waals surface area contributed by atoms with Crippen molar-refractivity contribution in [3.05, 3.63) is 60.4 Å². The summed E-state index contributed by atoms with van der Waals surface area (Å²) in [6.45, 7) is 7.21. The summed E-state index contributed by atoms with van der Waals surface area (Å²) in [5.41, 5.74) is 2.32. The molecular weight excluding hydrogens is 408 g/mol. The molecule has 2 aromatic carbocycles. The van der Waals surface area contributed by atoms with Crippen LogP contribution in [0.2, 0.25) is 25.7 Å². The third kappa shape index (κ3) is 5.92. The van der Waals surface area contributed by atoms with E-state index >= 15 is 0 Å². The lowest BCUT2D eigenvalue weighted by Crippen LogP contribution is -2.25. The van der Waals surface area contributed by atoms with E-state index in [2.05, 4.69) is 24.6 Å². The van der Waals surface area contributed by atoms with E-state index < -0.39 is 14.2 Å². The number of fused-ring (bicyclic) bond motifs is 1. The molecule has 1 heterocycles. The van der Waals surface area contributed by atoms with Gasteiger partial charge in [0.2, 0.25) is 0 Å². The lowest BCUT2D eigenvalue weighted by atomic mass is 9.99. The second-order valence-corrected chi connectivity index (χ2v) is 14.5. The summed E-state index contributed by atoms with van der Waals surface area (Å²) in [5, 5.41) is 1.84. The molecule has 0 unspecified atom stereocenters. The molecule has 0 aliphatic rings. The smallest absolute Gasteiger partial charge is 0.414 e. The van der Waals surface area contributed by atoms with Crippen LogP contribution >= 0.6 is 0 Å². The van der Waals surface area contributed by atoms with Crippen molar-refractivity contribution in [2.45, 2.75) is 25.7 Å². The molecule has 31 heavy (non-hydrogen) atoms. The summed E-state index contributed by atoms with van der Waals surface area (Å²) in [5.74, 6) is 0.149. The van der Waals surface area contributed by atoms with Gasteiger partial charge in [0.25, 0.3) is 0 Å². The van der Waals surface area contributed by atoms with Gasteiger partial charge in [-0.2, -0.15) is 0 Å². The minimum atomic E-state index is -1.26. The van der Waals surface area contributed by atoms with Gasteiger partial charge in [-0.15, -0.1) is 0 Å². The highest BCUT2D eigenvalue weighted by Crippen LogP contribution is 2.30. The van der Waals surface area contributed by atoms with Gasteiger partial charge in [0.15, 0.2) is 0 Å². The molecule has 162 valence electrons. The standard InChI is InChI=1S/C24H28N2O4Si/c1-26(2)24(28)30-20-10-8-17(9-11-20)22-16-25-15-19-7-6-18(14-21(19)22)23(27)29-12-13-31(3,4)5/h6-11,14-16H,12-13H2,1-5H3. The number of rotatable bonds is 6. The van der Waals surface area contributed by atoms with Crippen molar-refractivity contribution < 1.29 is 19.1 Å². The normalized spacial score (nSPS) is 11.3. The van der Waals surface area contributed by atoms with Crippen molar-refractivity contribution in [2.24, 2.45) is 0 Å². The van der Waals surface area contributed by atoms with Gasteiger partial charge in [-0.1, -0.05) is 37.8 Å². The number of esters is 1. The molecule has 0 atom stereocenters. The second kappa shape index (κ2) is 9.30. The van der Waals surface area contributed by atoms with Crippen LogP contribution in [0.3, 0.4) is 0 Å². The van der Waals surface area contributed by atoms with Crippen molar-refractivity contribution >= 4 is 30.9 Å². The Morgan fingerprint density at radius 2 is 1.71 bits per heavy atom. The highest BCUT2D eigenvalue weighted by atomic mass is 28.3. The van der Waals surface area contributed by atoms with Crippen molar-refractivity contribution in [2.75, 3.05) is 20.7 Å². The van der Waals surface area contributed by atoms with Gasteiger partial charge in [-0.25, -0.2) is 9.59 Å². The van der Waals surface area contributed by atoms with Crippen LogP contribution in [-0.2, 0) is 4.74 Å². The van der Waals surface area contributed by atoms with Gasteiger partial charge in [-0.3, -0.25) is 4.98 Å². The van der Waals surface area contributed by atoms with Crippen LogP contribution < -0.4 is 4.74 Å². The number of pyridine rings is 1. The molecule has 1 amide bonds. The van der Waals surface area contributed by atoms with Gasteiger partial charge in [0.1, 0.15) is 5.75 Å². The van der Waals surface area contributed by atoms with Crippen molar-refractivity contribution in [1.29, 1.82) is 0 Å². The minimum Gasteiger partial charge on any atom is -0.462 e. The molecule has 3 aromatic rings. The number of hydrogen-bond donors (Lipinski definition) is 0. The van der Waals surface area contributed by atoms with Crippen LogP contribution in [0.25, 0.3) is 21.9 Å². The molecule has 0 bridgehead atoms. The van der Waals surface area contributed by atoms with Crippen LogP contribution in [0.1, 0.15) is 10.4 Å². The molecule has 0 saturated carbocycles. The van der Waals surface area contributed by atoms with Crippen LogP contribution in [0.5, 0.6) is 5.75 Å². The number of carbonyl (C=O) groups is 2. The zero-order valence-corrected chi connectivity index (χ0v) is 19.6. The molecule has 3 rings (SSSR count). The Labute approximate surface area is 183 Å². The Morgan fingerprint density at radius 1 is 1.00 bits per heavy atom. The fraction of sp³-hybridized carbons (Fsp3) is 0.292. The Kier molecular flexibility index (Phi) is 6.75. The monoisotopic (exact) mass is 436 g/mol. The Hall–Kier alpha value is -3.19. The summed E-state index contributed by atoms with van der Waals surface area (Å²) in [6, 6.07) is 13.7. The summed E-state index contributed by atoms with van der Waals surface area (Å²) < 4.78 is 10.8. The van der Waals surface area contributed by atoms with E-state index in [-0.39, 0.29) is 5.97 Å². The molecule has 0 N–H and O–H groups in total. The first-order valence-electron chi connectivity index (χ1n) is 10.2. The molecule has 0 radical (unpaired) electrons. The zero-order chi connectivity index (χ0) is 22.6. The van der Waals surface area contributed by atoms with Gasteiger partial charge in [0.05, 0.1) is 12.2 Å². The third-order valence-corrected chi connectivity index (χ3v) is 6.52.